The monoisotopic (exact) mass is 391 g/mol. The number of hydrogen-bond acceptors (Lipinski definition) is 5. The van der Waals surface area contributed by atoms with Gasteiger partial charge in [0, 0.05) is 16.6 Å². The number of nitrogens with zero attached hydrogens (tertiary/aromatic N) is 3. The number of aromatic nitrogens is 4. The molecule has 0 saturated heterocycles. The number of H-pyrrole nitrogens is 1. The van der Waals surface area contributed by atoms with Gasteiger partial charge in [-0.25, -0.2) is 4.98 Å². The van der Waals surface area contributed by atoms with Gasteiger partial charge < -0.3 is 10.3 Å². The molecular formula is C21H21N5OS. The number of carbonyl (C=O) groups excluding carboxylic acids is 1. The van der Waals surface area contributed by atoms with E-state index in [-0.39, 0.29) is 11.7 Å². The van der Waals surface area contributed by atoms with E-state index in [0.717, 1.165) is 46.1 Å². The molecule has 0 aliphatic heterocycles. The molecule has 0 atom stereocenters. The van der Waals surface area contributed by atoms with Gasteiger partial charge in [-0.15, -0.1) is 10.2 Å². The van der Waals surface area contributed by atoms with E-state index in [1.807, 2.05) is 30.3 Å². The summed E-state index contributed by atoms with van der Waals surface area (Å²) in [4.78, 5) is 20.3. The molecule has 4 aromatic rings. The summed E-state index contributed by atoms with van der Waals surface area (Å²) in [7, 11) is 0. The maximum absolute atomic E-state index is 12.5. The highest BCUT2D eigenvalue weighted by molar-refractivity contribution is 7.99. The predicted molar refractivity (Wildman–Crippen MR) is 114 cm³/mol. The molecule has 0 bridgehead atoms. The third-order valence-corrected chi connectivity index (χ3v) is 5.54. The van der Waals surface area contributed by atoms with Crippen LogP contribution in [0.1, 0.15) is 25.0 Å². The van der Waals surface area contributed by atoms with Crippen molar-refractivity contribution in [1.29, 1.82) is 0 Å². The van der Waals surface area contributed by atoms with Crippen molar-refractivity contribution in [1.82, 2.24) is 20.2 Å². The van der Waals surface area contributed by atoms with Gasteiger partial charge in [0.1, 0.15) is 5.52 Å². The maximum atomic E-state index is 12.5. The molecule has 2 aromatic heterocycles. The van der Waals surface area contributed by atoms with Crippen LogP contribution in [-0.2, 0) is 17.6 Å². The van der Waals surface area contributed by atoms with Gasteiger partial charge in [0.05, 0.1) is 5.75 Å². The lowest BCUT2D eigenvalue weighted by molar-refractivity contribution is -0.113. The minimum absolute atomic E-state index is 0.0686. The molecule has 2 heterocycles. The number of aromatic amines is 1. The van der Waals surface area contributed by atoms with E-state index in [4.69, 9.17) is 0 Å². The van der Waals surface area contributed by atoms with Crippen LogP contribution in [0.15, 0.2) is 47.6 Å². The predicted octanol–water partition coefficient (Wildman–Crippen LogP) is 4.36. The lowest BCUT2D eigenvalue weighted by Crippen LogP contribution is -2.17. The topological polar surface area (TPSA) is 83.6 Å². The Morgan fingerprint density at radius 2 is 1.79 bits per heavy atom. The van der Waals surface area contributed by atoms with E-state index in [9.17, 15) is 4.79 Å². The number of benzene rings is 2. The minimum atomic E-state index is -0.0686. The van der Waals surface area contributed by atoms with E-state index in [2.05, 4.69) is 51.5 Å². The van der Waals surface area contributed by atoms with Crippen molar-refractivity contribution < 1.29 is 4.79 Å². The summed E-state index contributed by atoms with van der Waals surface area (Å²) in [6.07, 6.45) is 1.75. The molecule has 142 valence electrons. The van der Waals surface area contributed by atoms with Gasteiger partial charge >= 0.3 is 0 Å². The van der Waals surface area contributed by atoms with Crippen molar-refractivity contribution in [2.24, 2.45) is 0 Å². The van der Waals surface area contributed by atoms with Crippen molar-refractivity contribution >= 4 is 45.4 Å². The number of hydrogen-bond donors (Lipinski definition) is 2. The Balaban J connectivity index is 1.49. The van der Waals surface area contributed by atoms with E-state index in [1.54, 1.807) is 0 Å². The molecule has 6 nitrogen and oxygen atoms in total. The van der Waals surface area contributed by atoms with Crippen LogP contribution in [0.3, 0.4) is 0 Å². The van der Waals surface area contributed by atoms with Crippen LogP contribution in [0.4, 0.5) is 5.69 Å². The normalized spacial score (nSPS) is 11.2. The van der Waals surface area contributed by atoms with Crippen LogP contribution >= 0.6 is 11.8 Å². The average molecular weight is 392 g/mol. The van der Waals surface area contributed by atoms with Crippen molar-refractivity contribution in [3.63, 3.8) is 0 Å². The number of carbonyl (C=O) groups is 1. The molecule has 2 N–H and O–H groups in total. The second kappa shape index (κ2) is 7.98. The van der Waals surface area contributed by atoms with E-state index >= 15 is 0 Å². The number of aryl methyl sites for hydroxylation is 2. The molecule has 0 unspecified atom stereocenters. The quantitative estimate of drug-likeness (QED) is 0.477. The number of rotatable bonds is 6. The largest absolute Gasteiger partial charge is 0.338 e. The third-order valence-electron chi connectivity index (χ3n) is 4.70. The number of anilines is 1. The molecule has 0 fully saturated rings. The first-order valence-electron chi connectivity index (χ1n) is 9.34. The second-order valence-electron chi connectivity index (χ2n) is 6.46. The summed E-state index contributed by atoms with van der Waals surface area (Å²) in [5.41, 5.74) is 5.63. The van der Waals surface area contributed by atoms with Crippen molar-refractivity contribution in [3.8, 4) is 0 Å². The van der Waals surface area contributed by atoms with Crippen LogP contribution in [0.2, 0.25) is 0 Å². The van der Waals surface area contributed by atoms with Gasteiger partial charge in [0.25, 0.3) is 0 Å². The number of fused-ring (bicyclic) bond motifs is 3. The summed E-state index contributed by atoms with van der Waals surface area (Å²) in [6, 6.07) is 14.0. The Kier molecular flexibility index (Phi) is 5.25. The number of thioether (sulfide) groups is 1. The summed E-state index contributed by atoms with van der Waals surface area (Å²) < 4.78 is 0. The van der Waals surface area contributed by atoms with Crippen LogP contribution in [0.5, 0.6) is 0 Å². The highest BCUT2D eigenvalue weighted by atomic mass is 32.2. The highest BCUT2D eigenvalue weighted by Crippen LogP contribution is 2.25. The van der Waals surface area contributed by atoms with Crippen molar-refractivity contribution in [3.05, 3.63) is 53.6 Å². The molecule has 2 aromatic carbocycles. The van der Waals surface area contributed by atoms with Gasteiger partial charge in [-0.1, -0.05) is 62.0 Å². The molecule has 0 aliphatic carbocycles. The Hall–Kier alpha value is -2.93. The van der Waals surface area contributed by atoms with Crippen LogP contribution in [0, 0.1) is 0 Å². The Morgan fingerprint density at radius 1 is 1.04 bits per heavy atom. The maximum Gasteiger partial charge on any atom is 0.234 e. The standard InChI is InChI=1S/C21H21N5OS/c1-3-13-8-7-9-14(4-2)18(13)23-17(27)12-28-21-24-20-19(25-26-21)15-10-5-6-11-16(15)22-20/h5-11H,3-4,12H2,1-2H3,(H,23,27)(H,22,24,26). The fraction of sp³-hybridized carbons (Fsp3) is 0.238. The lowest BCUT2D eigenvalue weighted by Gasteiger charge is -2.14. The first-order valence-corrected chi connectivity index (χ1v) is 10.3. The van der Waals surface area contributed by atoms with Gasteiger partial charge in [-0.3, -0.25) is 4.79 Å². The molecule has 0 spiro atoms. The number of amides is 1. The van der Waals surface area contributed by atoms with E-state index in [0.29, 0.717) is 10.8 Å². The highest BCUT2D eigenvalue weighted by Gasteiger charge is 2.13. The van der Waals surface area contributed by atoms with E-state index < -0.39 is 0 Å². The van der Waals surface area contributed by atoms with Gasteiger partial charge in [0.15, 0.2) is 5.65 Å². The molecule has 28 heavy (non-hydrogen) atoms. The average Bonchev–Trinajstić information content (AvgIpc) is 3.10. The minimum Gasteiger partial charge on any atom is -0.338 e. The molecule has 4 rings (SSSR count). The van der Waals surface area contributed by atoms with Crippen LogP contribution < -0.4 is 5.32 Å². The molecule has 0 aliphatic rings. The molecule has 0 saturated carbocycles. The van der Waals surface area contributed by atoms with Crippen molar-refractivity contribution in [2.75, 3.05) is 11.1 Å². The Morgan fingerprint density at radius 3 is 2.54 bits per heavy atom. The number of nitrogens with one attached hydrogen (secondary N) is 2. The summed E-state index contributed by atoms with van der Waals surface area (Å²) in [5, 5.41) is 13.0. The molecular weight excluding hydrogens is 370 g/mol. The fourth-order valence-electron chi connectivity index (χ4n) is 3.28. The van der Waals surface area contributed by atoms with Crippen LogP contribution in [0.25, 0.3) is 22.1 Å². The zero-order valence-electron chi connectivity index (χ0n) is 15.8. The summed E-state index contributed by atoms with van der Waals surface area (Å²) in [6.45, 7) is 4.18. The Labute approximate surface area is 167 Å². The first-order chi connectivity index (χ1) is 13.7. The molecule has 0 radical (unpaired) electrons. The first kappa shape index (κ1) is 18.4. The summed E-state index contributed by atoms with van der Waals surface area (Å²) >= 11 is 1.28. The zero-order chi connectivity index (χ0) is 19.5. The fourth-order valence-corrected chi connectivity index (χ4v) is 3.86. The van der Waals surface area contributed by atoms with Gasteiger partial charge in [-0.05, 0) is 30.0 Å². The van der Waals surface area contributed by atoms with Gasteiger partial charge in [-0.2, -0.15) is 0 Å². The van der Waals surface area contributed by atoms with Crippen LogP contribution in [-0.4, -0.2) is 31.8 Å². The van der Waals surface area contributed by atoms with Crippen molar-refractivity contribution in [2.45, 2.75) is 31.8 Å². The number of para-hydroxylation sites is 2. The molecule has 1 amide bonds. The van der Waals surface area contributed by atoms with E-state index in [1.165, 1.54) is 11.8 Å². The SMILES string of the molecule is CCc1cccc(CC)c1NC(=O)CSc1nnc2c(n1)[nH]c1ccccc12. The van der Waals surface area contributed by atoms with Gasteiger partial charge in [0.2, 0.25) is 11.1 Å². The Bertz CT molecular complexity index is 1130. The third kappa shape index (κ3) is 3.57. The summed E-state index contributed by atoms with van der Waals surface area (Å²) in [5.74, 6) is 0.162. The smallest absolute Gasteiger partial charge is 0.234 e. The zero-order valence-corrected chi connectivity index (χ0v) is 16.6. The lowest BCUT2D eigenvalue weighted by atomic mass is 10.0. The molecule has 7 heteroatoms. The second-order valence-corrected chi connectivity index (χ2v) is 7.40.